The predicted octanol–water partition coefficient (Wildman–Crippen LogP) is 2.11. The number of rotatable bonds is 9. The molecule has 0 bridgehead atoms. The fourth-order valence-corrected chi connectivity index (χ4v) is 4.08. The maximum Gasteiger partial charge on any atom is 0.279 e. The van der Waals surface area contributed by atoms with E-state index in [-0.39, 0.29) is 6.04 Å². The molecule has 0 radical (unpaired) electrons. The van der Waals surface area contributed by atoms with Crippen molar-refractivity contribution < 1.29 is 8.42 Å². The highest BCUT2D eigenvalue weighted by Crippen LogP contribution is 2.23. The van der Waals surface area contributed by atoms with E-state index in [1.807, 2.05) is 0 Å². The Hall–Kier alpha value is -0.170. The zero-order valence-electron chi connectivity index (χ0n) is 13.9. The molecule has 2 unspecified atom stereocenters. The fraction of sp³-hybridized carbons (Fsp3) is 1.00. The topological polar surface area (TPSA) is 61.4 Å². The van der Waals surface area contributed by atoms with E-state index in [0.717, 1.165) is 45.2 Å². The second-order valence-electron chi connectivity index (χ2n) is 6.27. The molecule has 126 valence electrons. The second kappa shape index (κ2) is 9.77. The predicted molar refractivity (Wildman–Crippen MR) is 88.5 cm³/mol. The van der Waals surface area contributed by atoms with Gasteiger partial charge in [-0.2, -0.15) is 17.4 Å². The Balaban J connectivity index is 2.39. The van der Waals surface area contributed by atoms with Crippen molar-refractivity contribution in [1.29, 1.82) is 0 Å². The normalized spacial score (nSPS) is 24.2. The van der Waals surface area contributed by atoms with Crippen molar-refractivity contribution in [3.8, 4) is 0 Å². The average molecular weight is 320 g/mol. The van der Waals surface area contributed by atoms with Crippen LogP contribution in [0.25, 0.3) is 0 Å². The molecule has 1 aliphatic carbocycles. The Bertz CT molecular complexity index is 373. The largest absolute Gasteiger partial charge is 0.317 e. The summed E-state index contributed by atoms with van der Waals surface area (Å²) in [7, 11) is -1.68. The molecule has 5 nitrogen and oxygen atoms in total. The first-order valence-corrected chi connectivity index (χ1v) is 9.85. The van der Waals surface area contributed by atoms with Gasteiger partial charge >= 0.3 is 0 Å². The third-order valence-electron chi connectivity index (χ3n) is 4.33. The highest BCUT2D eigenvalue weighted by molar-refractivity contribution is 7.87. The molecule has 6 heteroatoms. The van der Waals surface area contributed by atoms with Crippen molar-refractivity contribution in [3.63, 3.8) is 0 Å². The molecule has 1 saturated carbocycles. The molecule has 1 fully saturated rings. The highest BCUT2D eigenvalue weighted by Gasteiger charge is 2.26. The Morgan fingerprint density at radius 1 is 1.14 bits per heavy atom. The summed E-state index contributed by atoms with van der Waals surface area (Å²) in [5.41, 5.74) is 0. The maximum absolute atomic E-state index is 12.4. The summed E-state index contributed by atoms with van der Waals surface area (Å²) >= 11 is 0. The summed E-state index contributed by atoms with van der Waals surface area (Å²) < 4.78 is 29.1. The van der Waals surface area contributed by atoms with Gasteiger partial charge in [-0.25, -0.2) is 0 Å². The molecular formula is C15H33N3O2S. The fourth-order valence-electron chi connectivity index (χ4n) is 2.80. The lowest BCUT2D eigenvalue weighted by atomic mass is 9.98. The van der Waals surface area contributed by atoms with E-state index >= 15 is 0 Å². The zero-order valence-corrected chi connectivity index (χ0v) is 14.7. The van der Waals surface area contributed by atoms with E-state index in [9.17, 15) is 8.42 Å². The third kappa shape index (κ3) is 7.08. The van der Waals surface area contributed by atoms with Crippen LogP contribution in [0.5, 0.6) is 0 Å². The van der Waals surface area contributed by atoms with Crippen LogP contribution in [0.15, 0.2) is 0 Å². The summed E-state index contributed by atoms with van der Waals surface area (Å²) in [4.78, 5) is 0. The molecule has 0 aromatic carbocycles. The van der Waals surface area contributed by atoms with Crippen LogP contribution in [-0.4, -0.2) is 45.4 Å². The van der Waals surface area contributed by atoms with Gasteiger partial charge in [0.1, 0.15) is 0 Å². The molecule has 0 amide bonds. The lowest BCUT2D eigenvalue weighted by Crippen LogP contribution is -2.46. The van der Waals surface area contributed by atoms with Gasteiger partial charge in [0.2, 0.25) is 0 Å². The van der Waals surface area contributed by atoms with Crippen molar-refractivity contribution in [3.05, 3.63) is 0 Å². The van der Waals surface area contributed by atoms with E-state index in [4.69, 9.17) is 0 Å². The summed E-state index contributed by atoms with van der Waals surface area (Å²) in [6.45, 7) is 6.71. The number of hydrogen-bond donors (Lipinski definition) is 2. The summed E-state index contributed by atoms with van der Waals surface area (Å²) in [5, 5.41) is 3.30. The highest BCUT2D eigenvalue weighted by atomic mass is 32.2. The quantitative estimate of drug-likeness (QED) is 0.505. The molecule has 1 aliphatic rings. The molecule has 0 heterocycles. The molecular weight excluding hydrogens is 286 g/mol. The molecule has 0 aliphatic heterocycles. The first-order valence-electron chi connectivity index (χ1n) is 8.41. The van der Waals surface area contributed by atoms with Crippen LogP contribution >= 0.6 is 0 Å². The second-order valence-corrected chi connectivity index (χ2v) is 8.08. The van der Waals surface area contributed by atoms with Crippen molar-refractivity contribution >= 4 is 10.2 Å². The molecule has 0 saturated heterocycles. The standard InChI is InChI=1S/C15H33N3O2S/c1-4-11-16-12-8-13-18(3)21(19,20)17-15-10-7-5-6-9-14(15)2/h14-17H,4-13H2,1-3H3. The molecule has 1 rings (SSSR count). The van der Waals surface area contributed by atoms with Gasteiger partial charge in [-0.3, -0.25) is 0 Å². The maximum atomic E-state index is 12.4. The SMILES string of the molecule is CCCNCCCN(C)S(=O)(=O)NC1CCCCCC1C. The van der Waals surface area contributed by atoms with Gasteiger partial charge in [0.15, 0.2) is 0 Å². The minimum Gasteiger partial charge on any atom is -0.317 e. The van der Waals surface area contributed by atoms with Gasteiger partial charge in [-0.05, 0) is 44.7 Å². The first kappa shape index (κ1) is 18.9. The Kier molecular flexibility index (Phi) is 8.78. The Labute approximate surface area is 131 Å². The smallest absolute Gasteiger partial charge is 0.279 e. The van der Waals surface area contributed by atoms with Crippen LogP contribution in [0.1, 0.15) is 58.8 Å². The molecule has 2 atom stereocenters. The number of hydrogen-bond acceptors (Lipinski definition) is 3. The minimum absolute atomic E-state index is 0.0955. The Morgan fingerprint density at radius 2 is 1.86 bits per heavy atom. The van der Waals surface area contributed by atoms with Gasteiger partial charge in [-0.1, -0.05) is 33.1 Å². The van der Waals surface area contributed by atoms with Gasteiger partial charge in [-0.15, -0.1) is 0 Å². The number of nitrogens with zero attached hydrogens (tertiary/aromatic N) is 1. The van der Waals surface area contributed by atoms with Crippen molar-refractivity contribution in [2.24, 2.45) is 5.92 Å². The van der Waals surface area contributed by atoms with Crippen molar-refractivity contribution in [1.82, 2.24) is 14.3 Å². The van der Waals surface area contributed by atoms with E-state index < -0.39 is 10.2 Å². The van der Waals surface area contributed by atoms with Crippen molar-refractivity contribution in [2.75, 3.05) is 26.7 Å². The van der Waals surface area contributed by atoms with E-state index in [1.165, 1.54) is 17.1 Å². The van der Waals surface area contributed by atoms with Gasteiger partial charge in [0, 0.05) is 19.6 Å². The summed E-state index contributed by atoms with van der Waals surface area (Å²) in [5.74, 6) is 0.432. The van der Waals surface area contributed by atoms with E-state index in [2.05, 4.69) is 23.9 Å². The molecule has 21 heavy (non-hydrogen) atoms. The summed E-state index contributed by atoms with van der Waals surface area (Å²) in [6, 6.07) is 0.0955. The van der Waals surface area contributed by atoms with E-state index in [0.29, 0.717) is 12.5 Å². The molecule has 0 aromatic heterocycles. The average Bonchev–Trinajstić information content (AvgIpc) is 2.63. The third-order valence-corrected chi connectivity index (χ3v) is 5.93. The molecule has 0 spiro atoms. The van der Waals surface area contributed by atoms with Gasteiger partial charge in [0.25, 0.3) is 10.2 Å². The molecule has 0 aromatic rings. The molecule has 2 N–H and O–H groups in total. The zero-order chi connectivity index (χ0) is 15.7. The van der Waals surface area contributed by atoms with Crippen LogP contribution < -0.4 is 10.0 Å². The van der Waals surface area contributed by atoms with Gasteiger partial charge < -0.3 is 5.32 Å². The monoisotopic (exact) mass is 319 g/mol. The Morgan fingerprint density at radius 3 is 2.57 bits per heavy atom. The van der Waals surface area contributed by atoms with Crippen LogP contribution in [0.4, 0.5) is 0 Å². The van der Waals surface area contributed by atoms with Crippen molar-refractivity contribution in [2.45, 2.75) is 64.8 Å². The van der Waals surface area contributed by atoms with E-state index in [1.54, 1.807) is 7.05 Å². The van der Waals surface area contributed by atoms with Crippen LogP contribution in [-0.2, 0) is 10.2 Å². The first-order chi connectivity index (χ1) is 9.97. The van der Waals surface area contributed by atoms with Gasteiger partial charge in [0.05, 0.1) is 0 Å². The number of nitrogens with one attached hydrogen (secondary N) is 2. The van der Waals surface area contributed by atoms with Crippen LogP contribution in [0.2, 0.25) is 0 Å². The van der Waals surface area contributed by atoms with Crippen LogP contribution in [0.3, 0.4) is 0 Å². The lowest BCUT2D eigenvalue weighted by molar-refractivity contribution is 0.377. The minimum atomic E-state index is -3.35. The lowest BCUT2D eigenvalue weighted by Gasteiger charge is -2.26. The summed E-state index contributed by atoms with van der Waals surface area (Å²) in [6.07, 6.45) is 7.61. The van der Waals surface area contributed by atoms with Crippen LogP contribution in [0, 0.1) is 5.92 Å².